The number of fused-ring (bicyclic) bond motifs is 1. The van der Waals surface area contributed by atoms with Gasteiger partial charge in [-0.1, -0.05) is 0 Å². The van der Waals surface area contributed by atoms with Gasteiger partial charge in [-0.3, -0.25) is 4.68 Å². The van der Waals surface area contributed by atoms with Crippen LogP contribution in [0.4, 0.5) is 5.69 Å². The SMILES string of the molecule is Cc1nc2ccc(NCc3ccnn3C)cc2[nH]1. The second kappa shape index (κ2) is 4.18. The van der Waals surface area contributed by atoms with Crippen molar-refractivity contribution in [2.24, 2.45) is 7.05 Å². The molecular formula is C13H15N5. The molecule has 1 aromatic carbocycles. The Hall–Kier alpha value is -2.30. The van der Waals surface area contributed by atoms with Crippen LogP contribution >= 0.6 is 0 Å². The van der Waals surface area contributed by atoms with E-state index in [2.05, 4.69) is 26.4 Å². The quantitative estimate of drug-likeness (QED) is 0.739. The average Bonchev–Trinajstić information content (AvgIpc) is 2.90. The van der Waals surface area contributed by atoms with Gasteiger partial charge in [0.1, 0.15) is 5.82 Å². The molecule has 18 heavy (non-hydrogen) atoms. The number of rotatable bonds is 3. The molecule has 0 aliphatic rings. The van der Waals surface area contributed by atoms with Crippen LogP contribution < -0.4 is 5.32 Å². The summed E-state index contributed by atoms with van der Waals surface area (Å²) < 4.78 is 1.87. The third-order valence-corrected chi connectivity index (χ3v) is 3.00. The molecule has 0 saturated heterocycles. The predicted molar refractivity (Wildman–Crippen MR) is 71.4 cm³/mol. The first-order chi connectivity index (χ1) is 8.72. The number of hydrogen-bond acceptors (Lipinski definition) is 3. The minimum absolute atomic E-state index is 0.759. The Morgan fingerprint density at radius 1 is 1.33 bits per heavy atom. The first-order valence-electron chi connectivity index (χ1n) is 5.89. The number of H-pyrrole nitrogens is 1. The Morgan fingerprint density at radius 3 is 3.00 bits per heavy atom. The summed E-state index contributed by atoms with van der Waals surface area (Å²) in [7, 11) is 1.94. The van der Waals surface area contributed by atoms with Crippen molar-refractivity contribution >= 4 is 16.7 Å². The average molecular weight is 241 g/mol. The molecule has 0 saturated carbocycles. The lowest BCUT2D eigenvalue weighted by molar-refractivity contribution is 0.720. The third-order valence-electron chi connectivity index (χ3n) is 3.00. The van der Waals surface area contributed by atoms with Gasteiger partial charge in [-0.2, -0.15) is 5.10 Å². The summed E-state index contributed by atoms with van der Waals surface area (Å²) in [5.74, 6) is 0.939. The zero-order chi connectivity index (χ0) is 12.5. The lowest BCUT2D eigenvalue weighted by Crippen LogP contribution is -2.05. The zero-order valence-corrected chi connectivity index (χ0v) is 10.4. The molecular weight excluding hydrogens is 226 g/mol. The van der Waals surface area contributed by atoms with Crippen LogP contribution in [0.3, 0.4) is 0 Å². The summed E-state index contributed by atoms with van der Waals surface area (Å²) in [5.41, 5.74) is 4.28. The lowest BCUT2D eigenvalue weighted by Gasteiger charge is -2.06. The maximum atomic E-state index is 4.38. The highest BCUT2D eigenvalue weighted by molar-refractivity contribution is 5.79. The Labute approximate surface area is 105 Å². The van der Waals surface area contributed by atoms with Crippen molar-refractivity contribution in [2.45, 2.75) is 13.5 Å². The molecule has 0 bridgehead atoms. The van der Waals surface area contributed by atoms with E-state index in [1.807, 2.05) is 36.9 Å². The maximum Gasteiger partial charge on any atom is 0.104 e. The van der Waals surface area contributed by atoms with Gasteiger partial charge >= 0.3 is 0 Å². The standard InChI is InChI=1S/C13H15N5/c1-9-16-12-4-3-10(7-13(12)17-9)14-8-11-5-6-15-18(11)2/h3-7,14H,8H2,1-2H3,(H,16,17). The van der Waals surface area contributed by atoms with E-state index in [1.54, 1.807) is 6.20 Å². The molecule has 2 heterocycles. The Kier molecular flexibility index (Phi) is 2.51. The van der Waals surface area contributed by atoms with Crippen molar-refractivity contribution < 1.29 is 0 Å². The molecule has 0 radical (unpaired) electrons. The van der Waals surface area contributed by atoms with Crippen LogP contribution in [0.2, 0.25) is 0 Å². The first-order valence-corrected chi connectivity index (χ1v) is 5.89. The van der Waals surface area contributed by atoms with E-state index in [0.717, 1.165) is 34.8 Å². The summed E-state index contributed by atoms with van der Waals surface area (Å²) in [5, 5.41) is 7.52. The van der Waals surface area contributed by atoms with Crippen molar-refractivity contribution in [3.63, 3.8) is 0 Å². The smallest absolute Gasteiger partial charge is 0.104 e. The van der Waals surface area contributed by atoms with Gasteiger partial charge in [-0.25, -0.2) is 4.98 Å². The highest BCUT2D eigenvalue weighted by Crippen LogP contribution is 2.17. The van der Waals surface area contributed by atoms with Crippen molar-refractivity contribution in [2.75, 3.05) is 5.32 Å². The van der Waals surface area contributed by atoms with Crippen molar-refractivity contribution in [3.8, 4) is 0 Å². The topological polar surface area (TPSA) is 58.5 Å². The molecule has 0 amide bonds. The van der Waals surface area contributed by atoms with Gasteiger partial charge in [0.25, 0.3) is 0 Å². The maximum absolute atomic E-state index is 4.38. The zero-order valence-electron chi connectivity index (χ0n) is 10.4. The molecule has 92 valence electrons. The molecule has 0 fully saturated rings. The highest BCUT2D eigenvalue weighted by Gasteiger charge is 2.02. The molecule has 3 aromatic rings. The van der Waals surface area contributed by atoms with E-state index >= 15 is 0 Å². The Balaban J connectivity index is 1.80. The number of nitrogens with one attached hydrogen (secondary N) is 2. The van der Waals surface area contributed by atoms with Crippen molar-refractivity contribution in [1.82, 2.24) is 19.7 Å². The normalized spacial score (nSPS) is 11.0. The molecule has 0 spiro atoms. The van der Waals surface area contributed by atoms with Gasteiger partial charge < -0.3 is 10.3 Å². The van der Waals surface area contributed by atoms with Gasteiger partial charge in [-0.15, -0.1) is 0 Å². The van der Waals surface area contributed by atoms with E-state index in [4.69, 9.17) is 0 Å². The highest BCUT2D eigenvalue weighted by atomic mass is 15.3. The van der Waals surface area contributed by atoms with Crippen LogP contribution in [0, 0.1) is 6.92 Å². The van der Waals surface area contributed by atoms with Gasteiger partial charge in [-0.05, 0) is 31.2 Å². The second-order valence-electron chi connectivity index (χ2n) is 4.35. The van der Waals surface area contributed by atoms with Crippen LogP contribution in [-0.2, 0) is 13.6 Å². The van der Waals surface area contributed by atoms with Gasteiger partial charge in [0, 0.05) is 18.9 Å². The van der Waals surface area contributed by atoms with Crippen LogP contribution in [0.25, 0.3) is 11.0 Å². The molecule has 2 N–H and O–H groups in total. The van der Waals surface area contributed by atoms with Crippen LogP contribution in [0.1, 0.15) is 11.5 Å². The van der Waals surface area contributed by atoms with Gasteiger partial charge in [0.15, 0.2) is 0 Å². The number of nitrogens with zero attached hydrogens (tertiary/aromatic N) is 3. The minimum Gasteiger partial charge on any atom is -0.379 e. The second-order valence-corrected chi connectivity index (χ2v) is 4.35. The molecule has 5 heteroatoms. The summed E-state index contributed by atoms with van der Waals surface area (Å²) in [4.78, 5) is 7.62. The van der Waals surface area contributed by atoms with E-state index in [9.17, 15) is 0 Å². The monoisotopic (exact) mass is 241 g/mol. The number of anilines is 1. The molecule has 2 aromatic heterocycles. The fourth-order valence-corrected chi connectivity index (χ4v) is 2.01. The van der Waals surface area contributed by atoms with Crippen LogP contribution in [0.5, 0.6) is 0 Å². The van der Waals surface area contributed by atoms with Crippen molar-refractivity contribution in [3.05, 3.63) is 42.0 Å². The van der Waals surface area contributed by atoms with Crippen molar-refractivity contribution in [1.29, 1.82) is 0 Å². The fourth-order valence-electron chi connectivity index (χ4n) is 2.01. The summed E-state index contributed by atoms with van der Waals surface area (Å²) in [6.45, 7) is 2.72. The lowest BCUT2D eigenvalue weighted by atomic mass is 10.2. The van der Waals surface area contributed by atoms with Gasteiger partial charge in [0.2, 0.25) is 0 Å². The number of benzene rings is 1. The minimum atomic E-state index is 0.759. The van der Waals surface area contributed by atoms with Crippen LogP contribution in [-0.4, -0.2) is 19.7 Å². The fraction of sp³-hybridized carbons (Fsp3) is 0.231. The third kappa shape index (κ3) is 1.95. The summed E-state index contributed by atoms with van der Waals surface area (Å²) >= 11 is 0. The Bertz CT molecular complexity index is 680. The summed E-state index contributed by atoms with van der Waals surface area (Å²) in [6, 6.07) is 8.14. The number of aromatic amines is 1. The predicted octanol–water partition coefficient (Wildman–Crippen LogP) is 2.22. The molecule has 0 atom stereocenters. The number of hydrogen-bond donors (Lipinski definition) is 2. The first kappa shape index (κ1) is 10.8. The summed E-state index contributed by atoms with van der Waals surface area (Å²) in [6.07, 6.45) is 1.80. The molecule has 5 nitrogen and oxygen atoms in total. The van der Waals surface area contributed by atoms with E-state index < -0.39 is 0 Å². The number of aromatic nitrogens is 4. The Morgan fingerprint density at radius 2 is 2.22 bits per heavy atom. The number of aryl methyl sites for hydroxylation is 2. The van der Waals surface area contributed by atoms with Gasteiger partial charge in [0.05, 0.1) is 23.3 Å². The molecule has 3 rings (SSSR count). The number of imidazole rings is 1. The largest absolute Gasteiger partial charge is 0.379 e. The van der Waals surface area contributed by atoms with E-state index in [-0.39, 0.29) is 0 Å². The van der Waals surface area contributed by atoms with Crippen LogP contribution in [0.15, 0.2) is 30.5 Å². The molecule has 0 aliphatic carbocycles. The van der Waals surface area contributed by atoms with E-state index in [0.29, 0.717) is 0 Å². The molecule has 0 unspecified atom stereocenters. The van der Waals surface area contributed by atoms with E-state index in [1.165, 1.54) is 0 Å². The molecule has 0 aliphatic heterocycles.